The van der Waals surface area contributed by atoms with E-state index in [4.69, 9.17) is 0 Å². The fraction of sp³-hybridized carbons (Fsp3) is 0.320. The van der Waals surface area contributed by atoms with Gasteiger partial charge < -0.3 is 5.32 Å². The first-order chi connectivity index (χ1) is 14.9. The van der Waals surface area contributed by atoms with Gasteiger partial charge in [-0.15, -0.1) is 0 Å². The van der Waals surface area contributed by atoms with E-state index in [9.17, 15) is 14.4 Å². The van der Waals surface area contributed by atoms with Crippen LogP contribution in [-0.2, 0) is 9.59 Å². The topological polar surface area (TPSA) is 66.5 Å². The SMILES string of the molecule is Cc1cc(Br)ccc1NC(=O)c1ccc(N2C(=O)[C@H]3[C@@H]4C=C[C@H]([C@H]5C[C@H]45)[C@@H]3C2=O)cc1. The summed E-state index contributed by atoms with van der Waals surface area (Å²) in [5.74, 6) is 0.768. The molecule has 1 aliphatic heterocycles. The van der Waals surface area contributed by atoms with Crippen molar-refractivity contribution in [2.24, 2.45) is 35.5 Å². The molecule has 6 atom stereocenters. The number of hydrogen-bond acceptors (Lipinski definition) is 3. The minimum Gasteiger partial charge on any atom is -0.322 e. The van der Waals surface area contributed by atoms with Crippen LogP contribution in [0.15, 0.2) is 59.1 Å². The van der Waals surface area contributed by atoms with Gasteiger partial charge in [-0.2, -0.15) is 0 Å². The first-order valence-corrected chi connectivity index (χ1v) is 11.5. The highest BCUT2D eigenvalue weighted by atomic mass is 79.9. The molecule has 4 aliphatic carbocycles. The monoisotopic (exact) mass is 476 g/mol. The summed E-state index contributed by atoms with van der Waals surface area (Å²) in [4.78, 5) is 40.5. The van der Waals surface area contributed by atoms with Gasteiger partial charge in [0.1, 0.15) is 0 Å². The number of hydrogen-bond donors (Lipinski definition) is 1. The summed E-state index contributed by atoms with van der Waals surface area (Å²) in [5, 5.41) is 2.91. The average Bonchev–Trinajstić information content (AvgIpc) is 3.54. The summed E-state index contributed by atoms with van der Waals surface area (Å²) in [6, 6.07) is 12.4. The molecule has 2 saturated carbocycles. The molecule has 5 aliphatic rings. The predicted octanol–water partition coefficient (Wildman–Crippen LogP) is 4.57. The first-order valence-electron chi connectivity index (χ1n) is 10.7. The molecule has 7 rings (SSSR count). The van der Waals surface area contributed by atoms with Gasteiger partial charge >= 0.3 is 0 Å². The van der Waals surface area contributed by atoms with Gasteiger partial charge in [0.15, 0.2) is 0 Å². The van der Waals surface area contributed by atoms with Crippen LogP contribution in [0.25, 0.3) is 0 Å². The maximum Gasteiger partial charge on any atom is 0.255 e. The molecule has 3 fully saturated rings. The van der Waals surface area contributed by atoms with Crippen LogP contribution in [0.1, 0.15) is 22.3 Å². The zero-order chi connectivity index (χ0) is 21.4. The molecule has 31 heavy (non-hydrogen) atoms. The molecule has 2 aromatic rings. The van der Waals surface area contributed by atoms with Crippen LogP contribution in [0.2, 0.25) is 0 Å². The molecular weight excluding hydrogens is 456 g/mol. The molecule has 1 heterocycles. The summed E-state index contributed by atoms with van der Waals surface area (Å²) in [5.41, 5.74) is 2.73. The molecule has 1 saturated heterocycles. The van der Waals surface area contributed by atoms with Gasteiger partial charge in [-0.3, -0.25) is 19.3 Å². The van der Waals surface area contributed by atoms with Gasteiger partial charge in [0.25, 0.3) is 5.91 Å². The van der Waals surface area contributed by atoms with E-state index in [1.807, 2.05) is 25.1 Å². The summed E-state index contributed by atoms with van der Waals surface area (Å²) in [6.07, 6.45) is 5.50. The summed E-state index contributed by atoms with van der Waals surface area (Å²) in [6.45, 7) is 1.93. The molecule has 2 bridgehead atoms. The number of benzene rings is 2. The van der Waals surface area contributed by atoms with E-state index in [2.05, 4.69) is 33.4 Å². The average molecular weight is 477 g/mol. The lowest BCUT2D eigenvalue weighted by Crippen LogP contribution is -2.40. The lowest BCUT2D eigenvalue weighted by molar-refractivity contribution is -0.124. The van der Waals surface area contributed by atoms with Crippen LogP contribution >= 0.6 is 15.9 Å². The maximum absolute atomic E-state index is 13.2. The standard InChI is InChI=1S/C25H21BrN2O3/c1-12-10-14(26)4-9-20(12)27-23(29)13-2-5-15(6-3-13)28-24(30)21-16-7-8-17(19-11-18(16)19)22(21)25(28)31/h2-10,16-19,21-22H,11H2,1H3,(H,27,29)/t16-,17-,18-,19-,21+,22+/m1/s1. The van der Waals surface area contributed by atoms with Crippen molar-refractivity contribution in [3.63, 3.8) is 0 Å². The molecule has 1 N–H and O–H groups in total. The molecule has 0 spiro atoms. The molecule has 0 aromatic heterocycles. The van der Waals surface area contributed by atoms with Crippen LogP contribution in [0.4, 0.5) is 11.4 Å². The van der Waals surface area contributed by atoms with Crippen LogP contribution in [0, 0.1) is 42.4 Å². The van der Waals surface area contributed by atoms with Crippen molar-refractivity contribution in [3.05, 3.63) is 70.2 Å². The maximum atomic E-state index is 13.2. The Labute approximate surface area is 188 Å². The van der Waals surface area contributed by atoms with Crippen molar-refractivity contribution in [2.45, 2.75) is 13.3 Å². The third kappa shape index (κ3) is 2.77. The molecule has 6 heteroatoms. The van der Waals surface area contributed by atoms with Crippen molar-refractivity contribution in [1.82, 2.24) is 0 Å². The number of carbonyl (C=O) groups excluding carboxylic acids is 3. The van der Waals surface area contributed by atoms with E-state index in [1.54, 1.807) is 24.3 Å². The van der Waals surface area contributed by atoms with Crippen LogP contribution in [0.3, 0.4) is 0 Å². The van der Waals surface area contributed by atoms with Gasteiger partial charge in [-0.05, 0) is 85.0 Å². The zero-order valence-electron chi connectivity index (χ0n) is 16.9. The fourth-order valence-corrected chi connectivity index (χ4v) is 6.41. The Kier molecular flexibility index (Phi) is 4.06. The van der Waals surface area contributed by atoms with Gasteiger partial charge in [-0.25, -0.2) is 0 Å². The highest BCUT2D eigenvalue weighted by molar-refractivity contribution is 9.10. The van der Waals surface area contributed by atoms with Crippen molar-refractivity contribution in [2.75, 3.05) is 10.2 Å². The zero-order valence-corrected chi connectivity index (χ0v) is 18.5. The summed E-state index contributed by atoms with van der Waals surface area (Å²) in [7, 11) is 0. The number of halogens is 1. The Morgan fingerprint density at radius 1 is 0.968 bits per heavy atom. The highest BCUT2D eigenvalue weighted by Crippen LogP contribution is 2.65. The quantitative estimate of drug-likeness (QED) is 0.521. The third-order valence-electron chi connectivity index (χ3n) is 7.49. The summed E-state index contributed by atoms with van der Waals surface area (Å²) >= 11 is 3.42. The molecule has 0 unspecified atom stereocenters. The molecular formula is C25H21BrN2O3. The van der Waals surface area contributed by atoms with Crippen molar-refractivity contribution < 1.29 is 14.4 Å². The number of anilines is 2. The van der Waals surface area contributed by atoms with Crippen molar-refractivity contribution in [1.29, 1.82) is 0 Å². The first kappa shape index (κ1) is 19.0. The van der Waals surface area contributed by atoms with Gasteiger partial charge in [0.05, 0.1) is 17.5 Å². The highest BCUT2D eigenvalue weighted by Gasteiger charge is 2.67. The third-order valence-corrected chi connectivity index (χ3v) is 7.98. The van der Waals surface area contributed by atoms with Gasteiger partial charge in [0, 0.05) is 15.7 Å². The summed E-state index contributed by atoms with van der Waals surface area (Å²) < 4.78 is 0.953. The lowest BCUT2D eigenvalue weighted by atomic mass is 9.63. The second kappa shape index (κ2) is 6.63. The molecule has 3 amide bonds. The van der Waals surface area contributed by atoms with Gasteiger partial charge in [-0.1, -0.05) is 28.1 Å². The number of carbonyl (C=O) groups is 3. The number of aryl methyl sites for hydroxylation is 1. The molecule has 156 valence electrons. The lowest BCUT2D eigenvalue weighted by Gasteiger charge is -2.37. The van der Waals surface area contributed by atoms with E-state index in [1.165, 1.54) is 4.90 Å². The number of nitrogens with zero attached hydrogens (tertiary/aromatic N) is 1. The smallest absolute Gasteiger partial charge is 0.255 e. The Bertz CT molecular complexity index is 1140. The number of amides is 3. The van der Waals surface area contributed by atoms with E-state index in [0.29, 0.717) is 23.1 Å². The molecule has 0 radical (unpaired) electrons. The minimum atomic E-state index is -0.230. The number of nitrogens with one attached hydrogen (secondary N) is 1. The van der Waals surface area contributed by atoms with Crippen molar-refractivity contribution >= 4 is 45.0 Å². The van der Waals surface area contributed by atoms with Crippen molar-refractivity contribution in [3.8, 4) is 0 Å². The molecule has 5 nitrogen and oxygen atoms in total. The Morgan fingerprint density at radius 2 is 1.58 bits per heavy atom. The van der Waals surface area contributed by atoms with Crippen LogP contribution in [-0.4, -0.2) is 17.7 Å². The van der Waals surface area contributed by atoms with E-state index in [-0.39, 0.29) is 41.4 Å². The van der Waals surface area contributed by atoms with Crippen LogP contribution in [0.5, 0.6) is 0 Å². The Balaban J connectivity index is 1.23. The number of imide groups is 1. The molecule has 2 aromatic carbocycles. The fourth-order valence-electron chi connectivity index (χ4n) is 5.94. The van der Waals surface area contributed by atoms with Crippen LogP contribution < -0.4 is 10.2 Å². The minimum absolute atomic E-state index is 0.0811. The second-order valence-electron chi connectivity index (χ2n) is 9.13. The Hall–Kier alpha value is -2.73. The Morgan fingerprint density at radius 3 is 2.16 bits per heavy atom. The van der Waals surface area contributed by atoms with E-state index in [0.717, 1.165) is 22.1 Å². The van der Waals surface area contributed by atoms with Gasteiger partial charge in [0.2, 0.25) is 11.8 Å². The second-order valence-corrected chi connectivity index (χ2v) is 10.0. The van der Waals surface area contributed by atoms with E-state index >= 15 is 0 Å². The normalized spacial score (nSPS) is 32.1. The number of rotatable bonds is 3. The van der Waals surface area contributed by atoms with E-state index < -0.39 is 0 Å². The largest absolute Gasteiger partial charge is 0.322 e. The number of allylic oxidation sites excluding steroid dienone is 2. The predicted molar refractivity (Wildman–Crippen MR) is 120 cm³/mol.